The predicted octanol–water partition coefficient (Wildman–Crippen LogP) is 3.40. The molecular formula is C15H18N2O2S. The van der Waals surface area contributed by atoms with E-state index in [1.54, 1.807) is 7.11 Å². The van der Waals surface area contributed by atoms with E-state index in [0.29, 0.717) is 4.99 Å². The van der Waals surface area contributed by atoms with Gasteiger partial charge >= 0.3 is 0 Å². The van der Waals surface area contributed by atoms with Crippen molar-refractivity contribution in [2.45, 2.75) is 19.9 Å². The topological polar surface area (TPSA) is 60.4 Å². The third-order valence-corrected chi connectivity index (χ3v) is 3.27. The van der Waals surface area contributed by atoms with E-state index in [2.05, 4.69) is 5.32 Å². The number of anilines is 1. The summed E-state index contributed by atoms with van der Waals surface area (Å²) in [6.45, 7) is 3.93. The van der Waals surface area contributed by atoms with Gasteiger partial charge in [-0.15, -0.1) is 0 Å². The Morgan fingerprint density at radius 3 is 2.65 bits per heavy atom. The van der Waals surface area contributed by atoms with E-state index < -0.39 is 0 Å². The van der Waals surface area contributed by atoms with E-state index in [4.69, 9.17) is 27.1 Å². The second-order valence-electron chi connectivity index (χ2n) is 4.59. The molecule has 20 heavy (non-hydrogen) atoms. The molecule has 0 aliphatic carbocycles. The van der Waals surface area contributed by atoms with Gasteiger partial charge in [0.05, 0.1) is 13.2 Å². The average molecular weight is 290 g/mol. The van der Waals surface area contributed by atoms with Crippen LogP contribution in [0.1, 0.15) is 30.0 Å². The van der Waals surface area contributed by atoms with Crippen molar-refractivity contribution in [3.05, 3.63) is 47.4 Å². The molecule has 2 aromatic rings. The lowest BCUT2D eigenvalue weighted by Crippen LogP contribution is -2.15. The van der Waals surface area contributed by atoms with Crippen molar-refractivity contribution < 1.29 is 9.15 Å². The molecule has 1 aromatic heterocycles. The number of aryl methyl sites for hydroxylation is 1. The molecule has 0 aliphatic heterocycles. The van der Waals surface area contributed by atoms with Gasteiger partial charge in [-0.1, -0.05) is 12.2 Å². The highest BCUT2D eigenvalue weighted by Gasteiger charge is 2.13. The van der Waals surface area contributed by atoms with E-state index in [9.17, 15) is 0 Å². The Balaban J connectivity index is 2.29. The first kappa shape index (κ1) is 14.4. The van der Waals surface area contributed by atoms with Gasteiger partial charge in [-0.25, -0.2) is 0 Å². The largest absolute Gasteiger partial charge is 0.497 e. The van der Waals surface area contributed by atoms with Gasteiger partial charge in [0.25, 0.3) is 0 Å². The van der Waals surface area contributed by atoms with Gasteiger partial charge in [0.1, 0.15) is 22.3 Å². The summed E-state index contributed by atoms with van der Waals surface area (Å²) in [6, 6.07) is 9.45. The molecule has 1 heterocycles. The molecule has 0 radical (unpaired) electrons. The van der Waals surface area contributed by atoms with Gasteiger partial charge in [-0.3, -0.25) is 0 Å². The maximum atomic E-state index is 5.75. The number of hydrogen-bond donors (Lipinski definition) is 2. The number of benzene rings is 1. The Hall–Kier alpha value is -2.01. The van der Waals surface area contributed by atoms with E-state index in [0.717, 1.165) is 28.5 Å². The minimum absolute atomic E-state index is 0.00362. The van der Waals surface area contributed by atoms with Crippen LogP contribution in [0.25, 0.3) is 0 Å². The molecular weight excluding hydrogens is 272 g/mol. The predicted molar refractivity (Wildman–Crippen MR) is 84.4 cm³/mol. The van der Waals surface area contributed by atoms with Crippen molar-refractivity contribution in [1.82, 2.24) is 0 Å². The summed E-state index contributed by atoms with van der Waals surface area (Å²) < 4.78 is 10.9. The van der Waals surface area contributed by atoms with Crippen LogP contribution in [0.3, 0.4) is 0 Å². The van der Waals surface area contributed by atoms with Crippen LogP contribution in [0.5, 0.6) is 5.75 Å². The van der Waals surface area contributed by atoms with Gasteiger partial charge < -0.3 is 20.2 Å². The number of nitrogens with two attached hydrogens (primary N) is 1. The van der Waals surface area contributed by atoms with Gasteiger partial charge in [0, 0.05) is 17.3 Å². The van der Waals surface area contributed by atoms with E-state index >= 15 is 0 Å². The van der Waals surface area contributed by atoms with E-state index in [1.807, 2.05) is 44.2 Å². The molecule has 1 aromatic carbocycles. The summed E-state index contributed by atoms with van der Waals surface area (Å²) in [5, 5.41) is 3.35. The Morgan fingerprint density at radius 2 is 2.10 bits per heavy atom. The Morgan fingerprint density at radius 1 is 1.35 bits per heavy atom. The molecule has 106 valence electrons. The Kier molecular flexibility index (Phi) is 4.29. The molecule has 0 spiro atoms. The lowest BCUT2D eigenvalue weighted by molar-refractivity contribution is 0.415. The maximum absolute atomic E-state index is 5.75. The van der Waals surface area contributed by atoms with Crippen molar-refractivity contribution in [3.63, 3.8) is 0 Å². The maximum Gasteiger partial charge on any atom is 0.126 e. The SMILES string of the molecule is COc1ccc(C(N)=S)c(NC(C)c2ccc(C)o2)c1. The highest BCUT2D eigenvalue weighted by Crippen LogP contribution is 2.27. The van der Waals surface area contributed by atoms with Crippen LogP contribution in [-0.2, 0) is 0 Å². The average Bonchev–Trinajstić information content (AvgIpc) is 2.85. The molecule has 0 saturated carbocycles. The van der Waals surface area contributed by atoms with Crippen molar-refractivity contribution in [1.29, 1.82) is 0 Å². The second-order valence-corrected chi connectivity index (χ2v) is 5.03. The lowest BCUT2D eigenvalue weighted by atomic mass is 10.1. The summed E-state index contributed by atoms with van der Waals surface area (Å²) >= 11 is 5.08. The third kappa shape index (κ3) is 3.11. The number of rotatable bonds is 5. The van der Waals surface area contributed by atoms with Crippen molar-refractivity contribution in [2.75, 3.05) is 12.4 Å². The molecule has 0 aliphatic rings. The van der Waals surface area contributed by atoms with Crippen LogP contribution in [-0.4, -0.2) is 12.1 Å². The summed E-state index contributed by atoms with van der Waals surface area (Å²) in [5.74, 6) is 2.49. The molecule has 1 atom stereocenters. The quantitative estimate of drug-likeness (QED) is 0.826. The fourth-order valence-electron chi connectivity index (χ4n) is 1.98. The Labute approximate surface area is 123 Å². The van der Waals surface area contributed by atoms with Crippen LogP contribution in [0.4, 0.5) is 5.69 Å². The number of methoxy groups -OCH3 is 1. The molecule has 1 unspecified atom stereocenters. The number of nitrogens with one attached hydrogen (secondary N) is 1. The second kappa shape index (κ2) is 5.96. The monoisotopic (exact) mass is 290 g/mol. The highest BCUT2D eigenvalue weighted by molar-refractivity contribution is 7.80. The molecule has 3 N–H and O–H groups in total. The van der Waals surface area contributed by atoms with Gasteiger partial charge in [-0.05, 0) is 38.1 Å². The molecule has 0 amide bonds. The van der Waals surface area contributed by atoms with Crippen molar-refractivity contribution in [2.24, 2.45) is 5.73 Å². The van der Waals surface area contributed by atoms with Crippen LogP contribution >= 0.6 is 12.2 Å². The molecule has 0 fully saturated rings. The first-order valence-electron chi connectivity index (χ1n) is 6.32. The molecule has 0 bridgehead atoms. The number of ether oxygens (including phenoxy) is 1. The van der Waals surface area contributed by atoms with Crippen LogP contribution in [0.15, 0.2) is 34.7 Å². The van der Waals surface area contributed by atoms with Crippen LogP contribution in [0.2, 0.25) is 0 Å². The normalized spacial score (nSPS) is 11.9. The van der Waals surface area contributed by atoms with Gasteiger partial charge in [0.15, 0.2) is 0 Å². The first-order chi connectivity index (χ1) is 9.51. The zero-order valence-corrected chi connectivity index (χ0v) is 12.6. The minimum atomic E-state index is 0.00362. The minimum Gasteiger partial charge on any atom is -0.497 e. The molecule has 4 nitrogen and oxygen atoms in total. The lowest BCUT2D eigenvalue weighted by Gasteiger charge is -2.17. The number of furan rings is 1. The van der Waals surface area contributed by atoms with Gasteiger partial charge in [0.2, 0.25) is 0 Å². The van der Waals surface area contributed by atoms with Crippen molar-refractivity contribution >= 4 is 22.9 Å². The summed E-state index contributed by atoms with van der Waals surface area (Å²) in [6.07, 6.45) is 0. The third-order valence-electron chi connectivity index (χ3n) is 3.05. The molecule has 5 heteroatoms. The molecule has 0 saturated heterocycles. The summed E-state index contributed by atoms with van der Waals surface area (Å²) in [5.41, 5.74) is 7.37. The fraction of sp³-hybridized carbons (Fsp3) is 0.267. The smallest absolute Gasteiger partial charge is 0.126 e. The summed E-state index contributed by atoms with van der Waals surface area (Å²) in [7, 11) is 1.62. The number of hydrogen-bond acceptors (Lipinski definition) is 4. The fourth-order valence-corrected chi connectivity index (χ4v) is 2.15. The zero-order chi connectivity index (χ0) is 14.7. The van der Waals surface area contributed by atoms with E-state index in [1.165, 1.54) is 0 Å². The first-order valence-corrected chi connectivity index (χ1v) is 6.73. The van der Waals surface area contributed by atoms with Crippen LogP contribution < -0.4 is 15.8 Å². The van der Waals surface area contributed by atoms with Crippen molar-refractivity contribution in [3.8, 4) is 5.75 Å². The standard InChI is InChI=1S/C15H18N2O2S/c1-9-4-7-14(19-9)10(2)17-13-8-11(18-3)5-6-12(13)15(16)20/h4-8,10,17H,1-3H3,(H2,16,20). The Bertz CT molecular complexity index is 622. The summed E-state index contributed by atoms with van der Waals surface area (Å²) in [4.78, 5) is 0.345. The zero-order valence-electron chi connectivity index (χ0n) is 11.8. The van der Waals surface area contributed by atoms with Gasteiger partial charge in [-0.2, -0.15) is 0 Å². The highest BCUT2D eigenvalue weighted by atomic mass is 32.1. The molecule has 2 rings (SSSR count). The van der Waals surface area contributed by atoms with Crippen LogP contribution in [0, 0.1) is 6.92 Å². The van der Waals surface area contributed by atoms with E-state index in [-0.39, 0.29) is 6.04 Å². The number of thiocarbonyl (C=S) groups is 1.